The third-order valence-electron chi connectivity index (χ3n) is 3.76. The molecule has 19 heavy (non-hydrogen) atoms. The Labute approximate surface area is 114 Å². The van der Waals surface area contributed by atoms with Crippen LogP contribution in [0.15, 0.2) is 24.3 Å². The van der Waals surface area contributed by atoms with Crippen molar-refractivity contribution in [3.05, 3.63) is 29.8 Å². The van der Waals surface area contributed by atoms with Gasteiger partial charge < -0.3 is 10.8 Å². The average Bonchev–Trinajstić information content (AvgIpc) is 2.27. The molecule has 0 aromatic heterocycles. The van der Waals surface area contributed by atoms with Crippen molar-refractivity contribution in [1.29, 1.82) is 0 Å². The molecule has 106 valence electrons. The Hall–Kier alpha value is -1.11. The van der Waals surface area contributed by atoms with E-state index in [9.17, 15) is 13.5 Å². The first kappa shape index (κ1) is 14.3. The van der Waals surface area contributed by atoms with Crippen molar-refractivity contribution in [3.8, 4) is 0 Å². The normalized spacial score (nSPS) is 19.4. The number of para-hydroxylation sites is 1. The standard InChI is InChI=1S/C13H20N2O3S/c1-10(2)13(16)8-15(9-13)19(17,18)7-11-5-3-4-6-12(11)14/h3-6,10,16H,7-9,14H2,1-2H3. The lowest BCUT2D eigenvalue weighted by molar-refractivity contribution is -0.0933. The number of anilines is 1. The van der Waals surface area contributed by atoms with E-state index in [1.54, 1.807) is 24.3 Å². The Balaban J connectivity index is 2.08. The Bertz CT molecular complexity index is 563. The lowest BCUT2D eigenvalue weighted by Crippen LogP contribution is -2.65. The van der Waals surface area contributed by atoms with Crippen molar-refractivity contribution >= 4 is 15.7 Å². The quantitative estimate of drug-likeness (QED) is 0.801. The molecular weight excluding hydrogens is 264 g/mol. The highest BCUT2D eigenvalue weighted by Crippen LogP contribution is 2.32. The summed E-state index contributed by atoms with van der Waals surface area (Å²) in [4.78, 5) is 0. The summed E-state index contributed by atoms with van der Waals surface area (Å²) in [6.45, 7) is 4.11. The minimum Gasteiger partial charge on any atom is -0.398 e. The highest BCUT2D eigenvalue weighted by Gasteiger charge is 2.48. The molecule has 0 atom stereocenters. The second-order valence-corrected chi connectivity index (χ2v) is 7.45. The summed E-state index contributed by atoms with van der Waals surface area (Å²) in [5.74, 6) is -0.0749. The van der Waals surface area contributed by atoms with Crippen LogP contribution in [0.2, 0.25) is 0 Å². The summed E-state index contributed by atoms with van der Waals surface area (Å²) in [6, 6.07) is 6.93. The summed E-state index contributed by atoms with van der Waals surface area (Å²) in [5.41, 5.74) is 5.94. The van der Waals surface area contributed by atoms with Crippen molar-refractivity contribution < 1.29 is 13.5 Å². The Morgan fingerprint density at radius 1 is 1.37 bits per heavy atom. The van der Waals surface area contributed by atoms with Crippen LogP contribution in [0.5, 0.6) is 0 Å². The zero-order chi connectivity index (χ0) is 14.3. The average molecular weight is 284 g/mol. The van der Waals surface area contributed by atoms with E-state index in [2.05, 4.69) is 0 Å². The van der Waals surface area contributed by atoms with E-state index in [1.165, 1.54) is 4.31 Å². The molecule has 0 aliphatic carbocycles. The van der Waals surface area contributed by atoms with Gasteiger partial charge in [0.1, 0.15) is 0 Å². The van der Waals surface area contributed by atoms with Crippen LogP contribution >= 0.6 is 0 Å². The smallest absolute Gasteiger partial charge is 0.218 e. The summed E-state index contributed by atoms with van der Waals surface area (Å²) in [5, 5.41) is 10.1. The minimum absolute atomic E-state index is 0.0424. The number of rotatable bonds is 4. The molecular formula is C13H20N2O3S. The number of aliphatic hydroxyl groups is 1. The number of β-amino-alcohol motifs (C(OH)–C–C–N with tert-alkyl or cyclic N) is 1. The van der Waals surface area contributed by atoms with E-state index in [1.807, 2.05) is 13.8 Å². The van der Waals surface area contributed by atoms with Gasteiger partial charge in [0.05, 0.1) is 11.4 Å². The molecule has 5 nitrogen and oxygen atoms in total. The topological polar surface area (TPSA) is 83.6 Å². The second-order valence-electron chi connectivity index (χ2n) is 5.48. The number of nitrogen functional groups attached to an aromatic ring is 1. The molecule has 1 heterocycles. The molecule has 1 aromatic carbocycles. The first-order chi connectivity index (χ1) is 8.74. The predicted molar refractivity (Wildman–Crippen MR) is 74.8 cm³/mol. The number of sulfonamides is 1. The fourth-order valence-electron chi connectivity index (χ4n) is 2.08. The first-order valence-corrected chi connectivity index (χ1v) is 7.89. The zero-order valence-electron chi connectivity index (χ0n) is 11.2. The van der Waals surface area contributed by atoms with Crippen molar-refractivity contribution in [3.63, 3.8) is 0 Å². The second kappa shape index (κ2) is 4.77. The Morgan fingerprint density at radius 2 is 1.95 bits per heavy atom. The number of hydrogen-bond donors (Lipinski definition) is 2. The van der Waals surface area contributed by atoms with E-state index in [-0.39, 0.29) is 24.8 Å². The van der Waals surface area contributed by atoms with E-state index in [0.29, 0.717) is 11.3 Å². The summed E-state index contributed by atoms with van der Waals surface area (Å²) in [7, 11) is -3.41. The molecule has 1 aliphatic heterocycles. The van der Waals surface area contributed by atoms with E-state index < -0.39 is 15.6 Å². The van der Waals surface area contributed by atoms with Crippen LogP contribution in [0.1, 0.15) is 19.4 Å². The molecule has 0 amide bonds. The molecule has 1 fully saturated rings. The Morgan fingerprint density at radius 3 is 2.47 bits per heavy atom. The molecule has 0 saturated carbocycles. The zero-order valence-corrected chi connectivity index (χ0v) is 12.0. The fraction of sp³-hybridized carbons (Fsp3) is 0.538. The van der Waals surface area contributed by atoms with Crippen LogP contribution in [-0.4, -0.2) is 36.5 Å². The summed E-state index contributed by atoms with van der Waals surface area (Å²) < 4.78 is 25.7. The molecule has 2 rings (SSSR count). The number of benzene rings is 1. The molecule has 0 radical (unpaired) electrons. The van der Waals surface area contributed by atoms with Gasteiger partial charge in [-0.05, 0) is 17.5 Å². The molecule has 0 unspecified atom stereocenters. The third kappa shape index (κ3) is 2.75. The number of nitrogens with two attached hydrogens (primary N) is 1. The van der Waals surface area contributed by atoms with Gasteiger partial charge in [0.15, 0.2) is 0 Å². The minimum atomic E-state index is -3.41. The van der Waals surface area contributed by atoms with Crippen LogP contribution in [0, 0.1) is 5.92 Å². The lowest BCUT2D eigenvalue weighted by Gasteiger charge is -2.48. The van der Waals surface area contributed by atoms with Gasteiger partial charge in [0.2, 0.25) is 10.0 Å². The van der Waals surface area contributed by atoms with Gasteiger partial charge in [-0.3, -0.25) is 0 Å². The maximum absolute atomic E-state index is 12.2. The highest BCUT2D eigenvalue weighted by atomic mass is 32.2. The number of nitrogens with zero attached hydrogens (tertiary/aromatic N) is 1. The Kier molecular flexibility index (Phi) is 3.59. The highest BCUT2D eigenvalue weighted by molar-refractivity contribution is 7.88. The van der Waals surface area contributed by atoms with Gasteiger partial charge in [0.25, 0.3) is 0 Å². The van der Waals surface area contributed by atoms with Crippen LogP contribution < -0.4 is 5.73 Å². The van der Waals surface area contributed by atoms with Gasteiger partial charge in [-0.25, -0.2) is 8.42 Å². The van der Waals surface area contributed by atoms with Gasteiger partial charge in [-0.1, -0.05) is 32.0 Å². The van der Waals surface area contributed by atoms with Crippen molar-refractivity contribution in [2.45, 2.75) is 25.2 Å². The number of hydrogen-bond acceptors (Lipinski definition) is 4. The molecule has 6 heteroatoms. The van der Waals surface area contributed by atoms with E-state index in [0.717, 1.165) is 0 Å². The van der Waals surface area contributed by atoms with Crippen LogP contribution in [0.3, 0.4) is 0 Å². The molecule has 3 N–H and O–H groups in total. The SMILES string of the molecule is CC(C)C1(O)CN(S(=O)(=O)Cc2ccccc2N)C1. The monoisotopic (exact) mass is 284 g/mol. The van der Waals surface area contributed by atoms with Crippen molar-refractivity contribution in [1.82, 2.24) is 4.31 Å². The summed E-state index contributed by atoms with van der Waals surface area (Å²) in [6.07, 6.45) is 0. The van der Waals surface area contributed by atoms with Crippen LogP contribution in [-0.2, 0) is 15.8 Å². The van der Waals surface area contributed by atoms with Crippen molar-refractivity contribution in [2.75, 3.05) is 18.8 Å². The van der Waals surface area contributed by atoms with E-state index in [4.69, 9.17) is 5.73 Å². The first-order valence-electron chi connectivity index (χ1n) is 6.28. The van der Waals surface area contributed by atoms with Crippen LogP contribution in [0.4, 0.5) is 5.69 Å². The maximum atomic E-state index is 12.2. The maximum Gasteiger partial charge on any atom is 0.218 e. The van der Waals surface area contributed by atoms with E-state index >= 15 is 0 Å². The van der Waals surface area contributed by atoms with Gasteiger partial charge in [-0.2, -0.15) is 4.31 Å². The molecule has 1 aromatic rings. The van der Waals surface area contributed by atoms with Gasteiger partial charge in [0, 0.05) is 18.8 Å². The molecule has 0 spiro atoms. The fourth-order valence-corrected chi connectivity index (χ4v) is 3.76. The van der Waals surface area contributed by atoms with Crippen LogP contribution in [0.25, 0.3) is 0 Å². The van der Waals surface area contributed by atoms with Crippen molar-refractivity contribution in [2.24, 2.45) is 5.92 Å². The largest absolute Gasteiger partial charge is 0.398 e. The molecule has 1 aliphatic rings. The lowest BCUT2D eigenvalue weighted by atomic mass is 9.85. The molecule has 1 saturated heterocycles. The van der Waals surface area contributed by atoms with Gasteiger partial charge >= 0.3 is 0 Å². The predicted octanol–water partition coefficient (Wildman–Crippen LogP) is 0.801. The summed E-state index contributed by atoms with van der Waals surface area (Å²) >= 11 is 0. The molecule has 0 bridgehead atoms. The van der Waals surface area contributed by atoms with Gasteiger partial charge in [-0.15, -0.1) is 0 Å². The third-order valence-corrected chi connectivity index (χ3v) is 5.48.